The molecule has 4 fully saturated rings. The molecule has 4 aliphatic rings. The third-order valence-electron chi connectivity index (χ3n) is 7.51. The van der Waals surface area contributed by atoms with Crippen LogP contribution in [0.5, 0.6) is 0 Å². The molecule has 12 heteroatoms. The second kappa shape index (κ2) is 10.6. The number of hydrogen-bond acceptors (Lipinski definition) is 9. The molecular formula is C21H36N6O6. The number of amides is 3. The van der Waals surface area contributed by atoms with Crippen LogP contribution in [-0.4, -0.2) is 142 Å². The van der Waals surface area contributed by atoms with E-state index >= 15 is 0 Å². The van der Waals surface area contributed by atoms with Crippen LogP contribution in [0.15, 0.2) is 0 Å². The van der Waals surface area contributed by atoms with Gasteiger partial charge in [0.1, 0.15) is 0 Å². The van der Waals surface area contributed by atoms with E-state index in [9.17, 15) is 30.0 Å². The van der Waals surface area contributed by atoms with Crippen molar-refractivity contribution in [2.45, 2.75) is 19.3 Å². The molecule has 4 heterocycles. The number of rotatable bonds is 6. The van der Waals surface area contributed by atoms with Gasteiger partial charge in [0.15, 0.2) is 0 Å². The smallest absolute Gasteiger partial charge is 0.250 e. The van der Waals surface area contributed by atoms with Crippen LogP contribution in [0.3, 0.4) is 0 Å². The molecule has 3 atom stereocenters. The molecule has 0 radical (unpaired) electrons. The fraction of sp³-hybridized carbons (Fsp3) is 0.857. The minimum atomic E-state index is -0.234. The van der Waals surface area contributed by atoms with Gasteiger partial charge in [0, 0.05) is 78.5 Å². The molecule has 4 rings (SSSR count). The van der Waals surface area contributed by atoms with E-state index < -0.39 is 0 Å². The molecule has 0 aliphatic carbocycles. The zero-order chi connectivity index (χ0) is 23.5. The Morgan fingerprint density at radius 2 is 0.727 bits per heavy atom. The van der Waals surface area contributed by atoms with E-state index in [1.807, 2.05) is 0 Å². The summed E-state index contributed by atoms with van der Waals surface area (Å²) in [6.07, 6.45) is 1.89. The summed E-state index contributed by atoms with van der Waals surface area (Å²) in [5.74, 6) is -1.38. The lowest BCUT2D eigenvalue weighted by atomic mass is 10.1. The second-order valence-corrected chi connectivity index (χ2v) is 9.74. The van der Waals surface area contributed by atoms with Gasteiger partial charge < -0.3 is 14.7 Å². The number of carbonyl (C=O) groups excluding carboxylic acids is 3. The first kappa shape index (κ1) is 24.3. The van der Waals surface area contributed by atoms with Crippen molar-refractivity contribution < 1.29 is 30.0 Å². The van der Waals surface area contributed by atoms with Crippen LogP contribution >= 0.6 is 0 Å². The van der Waals surface area contributed by atoms with Crippen molar-refractivity contribution in [3.63, 3.8) is 0 Å². The molecule has 0 aromatic heterocycles. The Kier molecular flexibility index (Phi) is 7.82. The SMILES string of the molecule is O=C1C(CN2CCN(CC3CCN(O)C3=O)CCN(CC3CCN(O)C3=O)CC2)CCN1O. The van der Waals surface area contributed by atoms with Gasteiger partial charge in [-0.2, -0.15) is 0 Å². The fourth-order valence-corrected chi connectivity index (χ4v) is 5.34. The Labute approximate surface area is 193 Å². The van der Waals surface area contributed by atoms with Gasteiger partial charge in [0.2, 0.25) is 17.7 Å². The first-order chi connectivity index (χ1) is 15.8. The zero-order valence-corrected chi connectivity index (χ0v) is 19.1. The van der Waals surface area contributed by atoms with Crippen molar-refractivity contribution in [2.24, 2.45) is 17.8 Å². The van der Waals surface area contributed by atoms with E-state index in [0.29, 0.717) is 58.5 Å². The Bertz CT molecular complexity index is 633. The van der Waals surface area contributed by atoms with Crippen LogP contribution < -0.4 is 0 Å². The predicted molar refractivity (Wildman–Crippen MR) is 114 cm³/mol. The van der Waals surface area contributed by atoms with Gasteiger partial charge in [0.25, 0.3) is 0 Å². The van der Waals surface area contributed by atoms with Crippen LogP contribution in [0, 0.1) is 17.8 Å². The van der Waals surface area contributed by atoms with Crippen LogP contribution in [-0.2, 0) is 14.4 Å². The van der Waals surface area contributed by atoms with Gasteiger partial charge in [0.05, 0.1) is 17.8 Å². The maximum absolute atomic E-state index is 12.2. The molecular weight excluding hydrogens is 432 g/mol. The van der Waals surface area contributed by atoms with Crippen LogP contribution in [0.4, 0.5) is 0 Å². The van der Waals surface area contributed by atoms with Gasteiger partial charge in [-0.05, 0) is 19.3 Å². The molecule has 33 heavy (non-hydrogen) atoms. The summed E-state index contributed by atoms with van der Waals surface area (Å²) in [6, 6.07) is 0. The van der Waals surface area contributed by atoms with E-state index in [-0.39, 0.29) is 35.5 Å². The summed E-state index contributed by atoms with van der Waals surface area (Å²) in [5, 5.41) is 31.4. The van der Waals surface area contributed by atoms with E-state index in [0.717, 1.165) is 54.5 Å². The van der Waals surface area contributed by atoms with Crippen molar-refractivity contribution >= 4 is 17.7 Å². The largest absolute Gasteiger partial charge is 0.300 e. The first-order valence-corrected chi connectivity index (χ1v) is 12.0. The number of nitrogens with zero attached hydrogens (tertiary/aromatic N) is 6. The third-order valence-corrected chi connectivity index (χ3v) is 7.51. The Hall–Kier alpha value is -1.83. The van der Waals surface area contributed by atoms with E-state index in [4.69, 9.17) is 0 Å². The number of hydroxylamine groups is 6. The average molecular weight is 469 g/mol. The highest BCUT2D eigenvalue weighted by molar-refractivity contribution is 5.80. The normalized spacial score (nSPS) is 31.5. The molecule has 186 valence electrons. The molecule has 0 aromatic carbocycles. The zero-order valence-electron chi connectivity index (χ0n) is 19.1. The molecule has 4 saturated heterocycles. The van der Waals surface area contributed by atoms with Crippen LogP contribution in [0.2, 0.25) is 0 Å². The highest BCUT2D eigenvalue weighted by atomic mass is 16.5. The van der Waals surface area contributed by atoms with Gasteiger partial charge in [-0.15, -0.1) is 0 Å². The molecule has 3 amide bonds. The lowest BCUT2D eigenvalue weighted by Crippen LogP contribution is -2.42. The van der Waals surface area contributed by atoms with Gasteiger partial charge >= 0.3 is 0 Å². The van der Waals surface area contributed by atoms with Crippen molar-refractivity contribution in [1.82, 2.24) is 29.9 Å². The maximum atomic E-state index is 12.2. The van der Waals surface area contributed by atoms with Crippen LogP contribution in [0.25, 0.3) is 0 Å². The van der Waals surface area contributed by atoms with Crippen LogP contribution in [0.1, 0.15) is 19.3 Å². The summed E-state index contributed by atoms with van der Waals surface area (Å²) in [5.41, 5.74) is 0. The van der Waals surface area contributed by atoms with Gasteiger partial charge in [-0.1, -0.05) is 0 Å². The summed E-state index contributed by atoms with van der Waals surface area (Å²) < 4.78 is 0. The number of hydrogen-bond donors (Lipinski definition) is 3. The van der Waals surface area contributed by atoms with E-state index in [1.165, 1.54) is 0 Å². The van der Waals surface area contributed by atoms with Crippen molar-refractivity contribution in [3.05, 3.63) is 0 Å². The molecule has 3 unspecified atom stereocenters. The molecule has 0 bridgehead atoms. The third kappa shape index (κ3) is 5.81. The van der Waals surface area contributed by atoms with Crippen molar-refractivity contribution in [3.8, 4) is 0 Å². The Balaban J connectivity index is 1.41. The minimum absolute atomic E-state index is 0.226. The second-order valence-electron chi connectivity index (χ2n) is 9.74. The van der Waals surface area contributed by atoms with Crippen molar-refractivity contribution in [2.75, 3.05) is 78.5 Å². The molecule has 0 saturated carbocycles. The Morgan fingerprint density at radius 1 is 0.485 bits per heavy atom. The monoisotopic (exact) mass is 468 g/mol. The lowest BCUT2D eigenvalue weighted by Gasteiger charge is -2.28. The van der Waals surface area contributed by atoms with Gasteiger partial charge in [-0.3, -0.25) is 30.0 Å². The van der Waals surface area contributed by atoms with Crippen molar-refractivity contribution in [1.29, 1.82) is 0 Å². The quantitative estimate of drug-likeness (QED) is 0.404. The predicted octanol–water partition coefficient (Wildman–Crippen LogP) is -1.38. The molecule has 12 nitrogen and oxygen atoms in total. The Morgan fingerprint density at radius 3 is 0.909 bits per heavy atom. The van der Waals surface area contributed by atoms with Gasteiger partial charge in [-0.25, -0.2) is 15.2 Å². The summed E-state index contributed by atoms with van der Waals surface area (Å²) in [6.45, 7) is 7.19. The highest BCUT2D eigenvalue weighted by Gasteiger charge is 2.36. The number of carbonyl (C=O) groups is 3. The molecule has 3 N–H and O–H groups in total. The fourth-order valence-electron chi connectivity index (χ4n) is 5.34. The summed E-state index contributed by atoms with van der Waals surface area (Å²) in [4.78, 5) is 43.4. The summed E-state index contributed by atoms with van der Waals surface area (Å²) in [7, 11) is 0. The maximum Gasteiger partial charge on any atom is 0.250 e. The standard InChI is InChI=1S/C21H36N6O6/c28-19-16(1-4-25(19)31)13-22-7-9-23(14-17-2-5-26(32)20(17)29)11-12-24(10-8-22)15-18-3-6-27(33)21(18)30/h16-18,31-33H,1-15H2. The van der Waals surface area contributed by atoms with E-state index in [1.54, 1.807) is 0 Å². The van der Waals surface area contributed by atoms with E-state index in [2.05, 4.69) is 14.7 Å². The lowest BCUT2D eigenvalue weighted by molar-refractivity contribution is -0.160. The summed E-state index contributed by atoms with van der Waals surface area (Å²) >= 11 is 0. The minimum Gasteiger partial charge on any atom is -0.300 e. The highest BCUT2D eigenvalue weighted by Crippen LogP contribution is 2.21. The molecule has 0 aromatic rings. The average Bonchev–Trinajstić information content (AvgIpc) is 3.42. The molecule has 0 spiro atoms. The molecule has 4 aliphatic heterocycles. The topological polar surface area (TPSA) is 131 Å². The first-order valence-electron chi connectivity index (χ1n) is 12.0.